The lowest BCUT2D eigenvalue weighted by Crippen LogP contribution is -1.88. The molecule has 0 saturated carbocycles. The monoisotopic (exact) mass is 649 g/mol. The largest absolute Gasteiger partial charge is 0.359 e. The minimum absolute atomic E-state index is 0.887. The van der Waals surface area contributed by atoms with Crippen LogP contribution in [0.1, 0.15) is 5.56 Å². The van der Waals surface area contributed by atoms with Gasteiger partial charge in [-0.15, -0.1) is 0 Å². The molecule has 1 heteroatoms. The summed E-state index contributed by atoms with van der Waals surface area (Å²) in [4.78, 5) is 0. The van der Waals surface area contributed by atoms with Gasteiger partial charge in [-0.25, -0.2) is 0 Å². The van der Waals surface area contributed by atoms with Crippen molar-refractivity contribution < 1.29 is 0 Å². The van der Waals surface area contributed by atoms with Crippen molar-refractivity contribution >= 4 is 0 Å². The Bertz CT molecular complexity index is 2480. The van der Waals surface area contributed by atoms with Crippen LogP contribution >= 0.6 is 0 Å². The van der Waals surface area contributed by atoms with Gasteiger partial charge in [0.15, 0.2) is 0 Å². The van der Waals surface area contributed by atoms with Gasteiger partial charge in [-0.1, -0.05) is 170 Å². The molecule has 8 aromatic carbocycles. The van der Waals surface area contributed by atoms with Crippen LogP contribution in [-0.2, 0) is 0 Å². The predicted octanol–water partition coefficient (Wildman–Crippen LogP) is 12.6. The van der Waals surface area contributed by atoms with Crippen molar-refractivity contribution in [2.45, 2.75) is 0 Å². The molecule has 0 radical (unpaired) electrons. The highest BCUT2D eigenvalue weighted by Gasteiger charge is 2.09. The van der Waals surface area contributed by atoms with Crippen molar-refractivity contribution in [1.29, 1.82) is 0 Å². The maximum Gasteiger partial charge on any atom is 0.0276 e. The van der Waals surface area contributed by atoms with E-state index >= 15 is 0 Å². The summed E-state index contributed by atoms with van der Waals surface area (Å²) in [5.74, 6) is 3.10. The van der Waals surface area contributed by atoms with E-state index in [4.69, 9.17) is 5.73 Å². The number of rotatable bonds is 7. The van der Waals surface area contributed by atoms with E-state index in [1.807, 2.05) is 12.1 Å². The highest BCUT2D eigenvalue weighted by atomic mass is 14.5. The maximum absolute atomic E-state index is 5.70. The Labute approximate surface area is 300 Å². The Morgan fingerprint density at radius 2 is 0.490 bits per heavy atom. The predicted molar refractivity (Wildman–Crippen MR) is 216 cm³/mol. The summed E-state index contributed by atoms with van der Waals surface area (Å²) < 4.78 is 0. The first kappa shape index (κ1) is 31.4. The summed E-state index contributed by atoms with van der Waals surface area (Å²) >= 11 is 0. The van der Waals surface area contributed by atoms with Crippen LogP contribution in [-0.4, -0.2) is 0 Å². The average Bonchev–Trinajstić information content (AvgIpc) is 3.22. The van der Waals surface area contributed by atoms with Crippen LogP contribution in [0.5, 0.6) is 0 Å². The van der Waals surface area contributed by atoms with E-state index in [0.29, 0.717) is 0 Å². The fourth-order valence-corrected chi connectivity index (χ4v) is 6.70. The molecule has 0 aliphatic rings. The third kappa shape index (κ3) is 6.99. The summed E-state index contributed by atoms with van der Waals surface area (Å²) in [5, 5.41) is 0. The summed E-state index contributed by atoms with van der Waals surface area (Å²) in [6.45, 7) is 0. The van der Waals surface area contributed by atoms with Crippen LogP contribution in [0.4, 0.5) is 0 Å². The Morgan fingerprint density at radius 1 is 0.235 bits per heavy atom. The van der Waals surface area contributed by atoms with E-state index < -0.39 is 0 Å². The van der Waals surface area contributed by atoms with Gasteiger partial charge in [-0.2, -0.15) is 0 Å². The molecule has 0 fully saturated rings. The van der Waals surface area contributed by atoms with Crippen molar-refractivity contribution in [2.24, 2.45) is 5.73 Å². The standard InChI is InChI=1S/C50H35N/c51-30-29-36-31-49(35-50(32-36)48-16-8-15-47(34-48)42-23-19-40(20-24-42)38-11-5-2-6-12-38)44-27-25-43(26-28-44)46-14-7-13-45(33-46)41-21-17-39(18-22-41)37-9-3-1-4-10-37/h1-28,31-35H,51H2. The topological polar surface area (TPSA) is 26.0 Å². The van der Waals surface area contributed by atoms with Gasteiger partial charge in [0.1, 0.15) is 0 Å². The number of nitrogens with two attached hydrogens (primary N) is 1. The molecule has 0 aromatic heterocycles. The SMILES string of the molecule is NC#Cc1cc(-c2ccc(-c3cccc(-c4ccc(-c5ccccc5)cc4)c3)cc2)cc(-c2cccc(-c3ccc(-c4ccccc4)cc3)c2)c1. The van der Waals surface area contributed by atoms with E-state index in [0.717, 1.165) is 27.8 Å². The molecule has 240 valence electrons. The molecule has 2 N–H and O–H groups in total. The molecule has 51 heavy (non-hydrogen) atoms. The van der Waals surface area contributed by atoms with Crippen LogP contribution in [0.3, 0.4) is 0 Å². The lowest BCUT2D eigenvalue weighted by Gasteiger charge is -2.11. The molecule has 0 saturated heterocycles. The fraction of sp³-hybridized carbons (Fsp3) is 0. The van der Waals surface area contributed by atoms with Gasteiger partial charge in [0.05, 0.1) is 0 Å². The molecule has 0 bridgehead atoms. The zero-order chi connectivity index (χ0) is 34.4. The molecule has 8 rings (SSSR count). The lowest BCUT2D eigenvalue weighted by atomic mass is 9.93. The van der Waals surface area contributed by atoms with Crippen molar-refractivity contribution in [3.05, 3.63) is 206 Å². The van der Waals surface area contributed by atoms with E-state index in [9.17, 15) is 0 Å². The molecule has 0 amide bonds. The molecular weight excluding hydrogens is 615 g/mol. The highest BCUT2D eigenvalue weighted by Crippen LogP contribution is 2.34. The minimum atomic E-state index is 0.887. The first-order valence-corrected chi connectivity index (χ1v) is 17.2. The van der Waals surface area contributed by atoms with Crippen molar-refractivity contribution in [2.75, 3.05) is 0 Å². The third-order valence-corrected chi connectivity index (χ3v) is 9.41. The molecular formula is C50H35N. The summed E-state index contributed by atoms with van der Waals surface area (Å²) in [6.07, 6.45) is 0. The normalized spacial score (nSPS) is 10.7. The van der Waals surface area contributed by atoms with Crippen LogP contribution in [0.15, 0.2) is 200 Å². The van der Waals surface area contributed by atoms with E-state index in [1.54, 1.807) is 0 Å². The highest BCUT2D eigenvalue weighted by molar-refractivity contribution is 5.81. The quantitative estimate of drug-likeness (QED) is 0.135. The first-order valence-electron chi connectivity index (χ1n) is 17.2. The Balaban J connectivity index is 1.06. The molecule has 0 aliphatic carbocycles. The molecule has 0 heterocycles. The van der Waals surface area contributed by atoms with Crippen LogP contribution in [0, 0.1) is 12.0 Å². The smallest absolute Gasteiger partial charge is 0.0276 e. The number of benzene rings is 8. The molecule has 8 aromatic rings. The molecule has 0 unspecified atom stereocenters. The number of hydrogen-bond acceptors (Lipinski definition) is 1. The van der Waals surface area contributed by atoms with Gasteiger partial charge in [-0.05, 0) is 114 Å². The van der Waals surface area contributed by atoms with Gasteiger partial charge in [0.2, 0.25) is 0 Å². The van der Waals surface area contributed by atoms with Gasteiger partial charge in [-0.3, -0.25) is 0 Å². The van der Waals surface area contributed by atoms with Crippen LogP contribution in [0.25, 0.3) is 77.9 Å². The van der Waals surface area contributed by atoms with Crippen LogP contribution < -0.4 is 5.73 Å². The van der Waals surface area contributed by atoms with Crippen LogP contribution in [0.2, 0.25) is 0 Å². The van der Waals surface area contributed by atoms with E-state index in [1.165, 1.54) is 55.6 Å². The Morgan fingerprint density at radius 3 is 0.863 bits per heavy atom. The van der Waals surface area contributed by atoms with Crippen molar-refractivity contribution in [3.8, 4) is 89.9 Å². The molecule has 0 aliphatic heterocycles. The average molecular weight is 650 g/mol. The minimum Gasteiger partial charge on any atom is -0.359 e. The second-order valence-corrected chi connectivity index (χ2v) is 12.7. The van der Waals surface area contributed by atoms with Gasteiger partial charge < -0.3 is 5.73 Å². The third-order valence-electron chi connectivity index (χ3n) is 9.41. The van der Waals surface area contributed by atoms with E-state index in [2.05, 4.69) is 200 Å². The zero-order valence-electron chi connectivity index (χ0n) is 28.1. The molecule has 1 nitrogen and oxygen atoms in total. The summed E-state index contributed by atoms with van der Waals surface area (Å²) in [7, 11) is 0. The maximum atomic E-state index is 5.70. The fourth-order valence-electron chi connectivity index (χ4n) is 6.70. The summed E-state index contributed by atoms with van der Waals surface area (Å²) in [6, 6.07) is 73.9. The lowest BCUT2D eigenvalue weighted by molar-refractivity contribution is 1.54. The Hall–Kier alpha value is -6.88. The van der Waals surface area contributed by atoms with Gasteiger partial charge in [0.25, 0.3) is 0 Å². The zero-order valence-corrected chi connectivity index (χ0v) is 28.1. The number of hydrogen-bond donors (Lipinski definition) is 1. The summed E-state index contributed by atoms with van der Waals surface area (Å²) in [5.41, 5.74) is 23.0. The molecule has 0 atom stereocenters. The second-order valence-electron chi connectivity index (χ2n) is 12.7. The second kappa shape index (κ2) is 14.3. The first-order chi connectivity index (χ1) is 25.2. The van der Waals surface area contributed by atoms with Crippen molar-refractivity contribution in [3.63, 3.8) is 0 Å². The van der Waals surface area contributed by atoms with E-state index in [-0.39, 0.29) is 0 Å². The van der Waals surface area contributed by atoms with Gasteiger partial charge in [0, 0.05) is 11.6 Å². The van der Waals surface area contributed by atoms with Gasteiger partial charge >= 0.3 is 0 Å². The Kier molecular flexibility index (Phi) is 8.81. The van der Waals surface area contributed by atoms with Crippen molar-refractivity contribution in [1.82, 2.24) is 0 Å². The molecule has 0 spiro atoms.